The Morgan fingerprint density at radius 2 is 0.818 bits per heavy atom. The van der Waals surface area contributed by atoms with Crippen LogP contribution >= 0.6 is 0 Å². The third kappa shape index (κ3) is 44.7. The van der Waals surface area contributed by atoms with E-state index in [1.54, 1.807) is 0 Å². The minimum Gasteiger partial charge on any atom is -0.783 e. The van der Waals surface area contributed by atoms with Crippen LogP contribution in [0.15, 0.2) is 0 Å². The van der Waals surface area contributed by atoms with Crippen LogP contribution in [-0.2, 0) is 61.4 Å². The molecular weight excluding hydrogens is 233 g/mol. The van der Waals surface area contributed by atoms with Crippen LogP contribution in [0.3, 0.4) is 0 Å². The number of hydrogen-bond acceptors (Lipinski definition) is 6. The molecule has 0 atom stereocenters. The maximum Gasteiger partial charge on any atom is 0 e. The smallest absolute Gasteiger partial charge is 0 e. The third-order valence-corrected chi connectivity index (χ3v) is 0.167. The van der Waals surface area contributed by atoms with Crippen molar-refractivity contribution in [3.05, 3.63) is 0 Å². The van der Waals surface area contributed by atoms with E-state index in [2.05, 4.69) is 9.47 Å². The second-order valence-corrected chi connectivity index (χ2v) is 0.537. The quantitative estimate of drug-likeness (QED) is 0.423. The molecule has 59 valence electrons. The predicted octanol–water partition coefficient (Wildman–Crippen LogP) is -1.73. The fourth-order valence-corrected chi connectivity index (χ4v) is 0.0340. The van der Waals surface area contributed by atoms with Gasteiger partial charge in [0.05, 0.1) is 0 Å². The molecule has 0 unspecified atom stereocenters. The number of rotatable bonds is 4. The van der Waals surface area contributed by atoms with E-state index in [1.165, 1.54) is 0 Å². The van der Waals surface area contributed by atoms with Crippen molar-refractivity contribution in [2.24, 2.45) is 0 Å². The maximum atomic E-state index is 8.80. The van der Waals surface area contributed by atoms with E-state index in [-0.39, 0.29) is 32.7 Å². The van der Waals surface area contributed by atoms with Crippen LogP contribution in [-0.4, -0.2) is 25.9 Å². The van der Waals surface area contributed by atoms with Crippen molar-refractivity contribution in [3.8, 4) is 0 Å². The summed E-state index contributed by atoms with van der Waals surface area (Å²) in [6.45, 7) is 3.38. The maximum absolute atomic E-state index is 8.80. The van der Waals surface area contributed by atoms with Crippen LogP contribution < -0.4 is 0 Å². The molecule has 0 aromatic rings. The molecule has 0 fully saturated rings. The summed E-state index contributed by atoms with van der Waals surface area (Å²) in [5.74, 6) is 0. The van der Waals surface area contributed by atoms with Gasteiger partial charge in [-0.05, 0) is 0 Å². The van der Waals surface area contributed by atoms with E-state index in [1.807, 2.05) is 0 Å². The molecule has 6 nitrogen and oxygen atoms in total. The van der Waals surface area contributed by atoms with Crippen LogP contribution in [0.1, 0.15) is 0 Å². The van der Waals surface area contributed by atoms with Crippen molar-refractivity contribution in [3.63, 3.8) is 0 Å². The van der Waals surface area contributed by atoms with Gasteiger partial charge in [-0.1, -0.05) is 0 Å². The number of carbonyl (C=O) groups excluding carboxylic acids is 4. The first-order valence-corrected chi connectivity index (χ1v) is 1.63. The molecule has 0 aromatic carbocycles. The zero-order valence-corrected chi connectivity index (χ0v) is 7.87. The van der Waals surface area contributed by atoms with Gasteiger partial charge < -0.3 is 28.7 Å². The van der Waals surface area contributed by atoms with Gasteiger partial charge >= 0.3 is 0 Å². The Balaban J connectivity index is -0.000000107. The van der Waals surface area contributed by atoms with Crippen molar-refractivity contribution in [2.75, 3.05) is 0 Å². The van der Waals surface area contributed by atoms with Crippen molar-refractivity contribution in [1.82, 2.24) is 0 Å². The van der Waals surface area contributed by atoms with Gasteiger partial charge in [-0.15, -0.1) is 25.9 Å². The van der Waals surface area contributed by atoms with Crippen molar-refractivity contribution in [2.45, 2.75) is 0 Å². The molecular formula is C4O6Y-4. The van der Waals surface area contributed by atoms with Gasteiger partial charge in [0.15, 0.2) is 0 Å². The first kappa shape index (κ1) is 16.8. The molecule has 0 bridgehead atoms. The molecule has 1 radical (unpaired) electrons. The second-order valence-electron chi connectivity index (χ2n) is 0.537. The van der Waals surface area contributed by atoms with Gasteiger partial charge in [-0.25, -0.2) is 0 Å². The Labute approximate surface area is 87.1 Å². The van der Waals surface area contributed by atoms with Gasteiger partial charge in [0.1, 0.15) is 0 Å². The van der Waals surface area contributed by atoms with Gasteiger partial charge in [-0.3, -0.25) is 0 Å². The van der Waals surface area contributed by atoms with Crippen molar-refractivity contribution >= 4 is 25.9 Å². The van der Waals surface area contributed by atoms with E-state index in [0.717, 1.165) is 25.9 Å². The van der Waals surface area contributed by atoms with Crippen molar-refractivity contribution in [1.29, 1.82) is 0 Å². The summed E-state index contributed by atoms with van der Waals surface area (Å²) < 4.78 is 6.44. The van der Waals surface area contributed by atoms with Crippen LogP contribution in [0, 0.1) is 0 Å². The molecule has 11 heavy (non-hydrogen) atoms. The van der Waals surface area contributed by atoms with Crippen molar-refractivity contribution < 1.29 is 61.4 Å². The summed E-state index contributed by atoms with van der Waals surface area (Å²) in [7, 11) is 0. The van der Waals surface area contributed by atoms with E-state index < -0.39 is 0 Å². The van der Waals surface area contributed by atoms with Crippen LogP contribution in [0.2, 0.25) is 0 Å². The van der Waals surface area contributed by atoms with Gasteiger partial charge in [0.25, 0.3) is 0 Å². The molecule has 0 aliphatic heterocycles. The summed E-state index contributed by atoms with van der Waals surface area (Å²) in [5.41, 5.74) is 0. The SMILES string of the molecule is O=[C-]O[C-]=O.O=[C-]O[C-]=O.[Y]. The Morgan fingerprint density at radius 3 is 0.818 bits per heavy atom. The summed E-state index contributed by atoms with van der Waals surface area (Å²) in [6.07, 6.45) is 0. The van der Waals surface area contributed by atoms with Gasteiger partial charge in [0.2, 0.25) is 0 Å². The Kier molecular flexibility index (Phi) is 34.7. The molecule has 0 saturated carbocycles. The van der Waals surface area contributed by atoms with E-state index in [0.29, 0.717) is 0 Å². The summed E-state index contributed by atoms with van der Waals surface area (Å²) in [4.78, 5) is 35.2. The average molecular weight is 233 g/mol. The topological polar surface area (TPSA) is 86.7 Å². The predicted molar refractivity (Wildman–Crippen MR) is 24.9 cm³/mol. The van der Waals surface area contributed by atoms with E-state index in [9.17, 15) is 0 Å². The van der Waals surface area contributed by atoms with Crippen LogP contribution in [0.25, 0.3) is 0 Å². The monoisotopic (exact) mass is 233 g/mol. The minimum absolute atomic E-state index is 0. The first-order chi connectivity index (χ1) is 4.83. The summed E-state index contributed by atoms with van der Waals surface area (Å²) in [5, 5.41) is 0. The molecule has 0 saturated heterocycles. The van der Waals surface area contributed by atoms with Gasteiger partial charge in [-0.2, -0.15) is 0 Å². The van der Waals surface area contributed by atoms with Crippen LogP contribution in [0.4, 0.5) is 0 Å². The largest absolute Gasteiger partial charge is 0.783 e. The fraction of sp³-hybridized carbons (Fsp3) is 0. The first-order valence-electron chi connectivity index (χ1n) is 1.63. The molecule has 0 rings (SSSR count). The number of hydrogen-bond donors (Lipinski definition) is 0. The Bertz CT molecular complexity index is 87.1. The van der Waals surface area contributed by atoms with Crippen LogP contribution in [0.5, 0.6) is 0 Å². The summed E-state index contributed by atoms with van der Waals surface area (Å²) in [6, 6.07) is 0. The zero-order chi connectivity index (χ0) is 8.24. The standard InChI is InChI=1S/2C2O3.Y/c2*3-1-5-2-4;/q2*-2;. The summed E-state index contributed by atoms with van der Waals surface area (Å²) >= 11 is 0. The normalized spacial score (nSPS) is 5.09. The minimum atomic E-state index is 0. The zero-order valence-electron chi connectivity index (χ0n) is 5.03. The molecule has 0 aliphatic rings. The molecule has 0 heterocycles. The average Bonchev–Trinajstić information content (AvgIpc) is 1.93. The molecule has 0 aromatic heterocycles. The Hall–Kier alpha value is -0.616. The molecule has 0 spiro atoms. The second kappa shape index (κ2) is 22.8. The van der Waals surface area contributed by atoms with E-state index in [4.69, 9.17) is 19.2 Å². The van der Waals surface area contributed by atoms with Gasteiger partial charge in [0, 0.05) is 32.7 Å². The molecule has 0 N–H and O–H groups in total. The third-order valence-electron chi connectivity index (χ3n) is 0.167. The fourth-order valence-electron chi connectivity index (χ4n) is 0.0340. The molecule has 7 heteroatoms. The van der Waals surface area contributed by atoms with E-state index >= 15 is 0 Å². The number of ether oxygens (including phenoxy) is 2. The Morgan fingerprint density at radius 1 is 0.636 bits per heavy atom. The molecule has 0 amide bonds. The molecule has 0 aliphatic carbocycles.